The van der Waals surface area contributed by atoms with Crippen LogP contribution >= 0.6 is 11.3 Å². The van der Waals surface area contributed by atoms with Gasteiger partial charge in [0.25, 0.3) is 6.71 Å². The van der Waals surface area contributed by atoms with Gasteiger partial charge < -0.3 is 9.80 Å². The number of nitrogens with zero attached hydrogens (tertiary/aromatic N) is 2. The standard InChI is InChI=1S/C52H33BN2S/c1-32-27-28-44-47(29-32)54(33-15-4-2-5-16-33)45-25-14-26-46-49(45)53(44)51-50(55(46)34-17-6-3-7-18-34)39-30-43-38(31-48(39)56-51)37-21-10-13-24-42(37)52(43)40-22-11-8-19-35(40)36-20-9-12-23-41(36)52/h2-31H,1H3/i1D3. The van der Waals surface area contributed by atoms with Crippen LogP contribution in [0.4, 0.5) is 34.1 Å². The Morgan fingerprint density at radius 3 is 1.71 bits per heavy atom. The van der Waals surface area contributed by atoms with Gasteiger partial charge in [-0.2, -0.15) is 0 Å². The lowest BCUT2D eigenvalue weighted by Gasteiger charge is -2.43. The molecule has 2 aliphatic carbocycles. The zero-order valence-corrected chi connectivity index (χ0v) is 31.0. The molecule has 8 aromatic carbocycles. The van der Waals surface area contributed by atoms with E-state index in [0.717, 1.165) is 33.9 Å². The molecule has 0 bridgehead atoms. The second-order valence-corrected chi connectivity index (χ2v) is 16.4. The Hall–Kier alpha value is -6.62. The number of benzene rings is 8. The Morgan fingerprint density at radius 2 is 1.07 bits per heavy atom. The minimum atomic E-state index is -2.25. The highest BCUT2D eigenvalue weighted by Crippen LogP contribution is 2.64. The van der Waals surface area contributed by atoms with Crippen molar-refractivity contribution in [3.8, 4) is 22.3 Å². The van der Waals surface area contributed by atoms with E-state index < -0.39 is 12.3 Å². The van der Waals surface area contributed by atoms with Crippen LogP contribution in [-0.4, -0.2) is 6.71 Å². The molecule has 4 heteroatoms. The molecule has 0 radical (unpaired) electrons. The maximum atomic E-state index is 8.44. The molecule has 0 saturated heterocycles. The van der Waals surface area contributed by atoms with Gasteiger partial charge >= 0.3 is 0 Å². The topological polar surface area (TPSA) is 6.48 Å². The highest BCUT2D eigenvalue weighted by molar-refractivity contribution is 7.33. The number of hydrogen-bond donors (Lipinski definition) is 0. The van der Waals surface area contributed by atoms with Crippen molar-refractivity contribution in [1.29, 1.82) is 0 Å². The molecule has 0 saturated carbocycles. The highest BCUT2D eigenvalue weighted by Gasteiger charge is 2.52. The van der Waals surface area contributed by atoms with E-state index in [1.807, 2.05) is 29.5 Å². The second-order valence-electron chi connectivity index (χ2n) is 15.4. The van der Waals surface area contributed by atoms with E-state index in [9.17, 15) is 0 Å². The monoisotopic (exact) mass is 731 g/mol. The summed E-state index contributed by atoms with van der Waals surface area (Å²) in [6.45, 7) is -2.36. The fraction of sp³-hybridized carbons (Fsp3) is 0.0385. The van der Waals surface area contributed by atoms with Crippen molar-refractivity contribution in [2.75, 3.05) is 9.80 Å². The molecular formula is C52H33BN2S. The van der Waals surface area contributed by atoms with Crippen LogP contribution in [0.15, 0.2) is 182 Å². The first-order valence-electron chi connectivity index (χ1n) is 20.8. The number of thiophene rings is 1. The molecule has 1 spiro atoms. The van der Waals surface area contributed by atoms with Gasteiger partial charge in [0.05, 0.1) is 11.1 Å². The molecule has 9 aromatic rings. The molecule has 0 amide bonds. The quantitative estimate of drug-likeness (QED) is 0.163. The summed E-state index contributed by atoms with van der Waals surface area (Å²) in [6, 6.07) is 65.6. The van der Waals surface area contributed by atoms with Gasteiger partial charge in [0.1, 0.15) is 0 Å². The minimum absolute atomic E-state index is 0.113. The zero-order valence-electron chi connectivity index (χ0n) is 33.2. The molecular weight excluding hydrogens is 695 g/mol. The van der Waals surface area contributed by atoms with E-state index in [0.29, 0.717) is 5.56 Å². The minimum Gasteiger partial charge on any atom is -0.311 e. The van der Waals surface area contributed by atoms with Crippen molar-refractivity contribution in [3.63, 3.8) is 0 Å². The molecule has 0 unspecified atom stereocenters. The van der Waals surface area contributed by atoms with Gasteiger partial charge in [-0.15, -0.1) is 11.3 Å². The van der Waals surface area contributed by atoms with Gasteiger partial charge in [0.2, 0.25) is 0 Å². The lowest BCUT2D eigenvalue weighted by atomic mass is 9.36. The van der Waals surface area contributed by atoms with E-state index >= 15 is 0 Å². The van der Waals surface area contributed by atoms with Crippen LogP contribution in [0.3, 0.4) is 0 Å². The molecule has 260 valence electrons. The Balaban J connectivity index is 1.15. The smallest absolute Gasteiger partial charge is 0.264 e. The number of rotatable bonds is 2. The fourth-order valence-corrected chi connectivity index (χ4v) is 12.0. The van der Waals surface area contributed by atoms with E-state index in [1.54, 1.807) is 0 Å². The number of hydrogen-bond acceptors (Lipinski definition) is 3. The van der Waals surface area contributed by atoms with Crippen LogP contribution in [0.5, 0.6) is 0 Å². The SMILES string of the molecule is [2H]C([2H])([2H])c1ccc2c(c1)N(c1ccccc1)c1cccc3c1B2c1sc2cc4c(cc2c1N3c1ccccc1)C1(c2ccccc2-c2ccccc21)c1ccccc1-4. The third-order valence-corrected chi connectivity index (χ3v) is 13.9. The number of anilines is 6. The Bertz CT molecular complexity index is 3200. The first kappa shape index (κ1) is 27.9. The van der Waals surface area contributed by atoms with Crippen LogP contribution in [0.1, 0.15) is 31.9 Å². The van der Waals surface area contributed by atoms with Gasteiger partial charge in [-0.3, -0.25) is 0 Å². The molecule has 56 heavy (non-hydrogen) atoms. The fourth-order valence-electron chi connectivity index (χ4n) is 10.7. The van der Waals surface area contributed by atoms with Crippen LogP contribution < -0.4 is 25.5 Å². The molecule has 1 aromatic heterocycles. The van der Waals surface area contributed by atoms with Crippen molar-refractivity contribution >= 4 is 78.0 Å². The number of para-hydroxylation sites is 2. The summed E-state index contributed by atoms with van der Waals surface area (Å²) in [5, 5.41) is 1.23. The summed E-state index contributed by atoms with van der Waals surface area (Å²) in [4.78, 5) is 4.76. The van der Waals surface area contributed by atoms with Crippen molar-refractivity contribution in [2.24, 2.45) is 0 Å². The summed E-state index contributed by atoms with van der Waals surface area (Å²) in [5.74, 6) is 0. The third-order valence-electron chi connectivity index (χ3n) is 12.7. The van der Waals surface area contributed by atoms with Gasteiger partial charge in [0, 0.05) is 47.4 Å². The van der Waals surface area contributed by atoms with Gasteiger partial charge in [0.15, 0.2) is 0 Å². The molecule has 3 heterocycles. The Morgan fingerprint density at radius 1 is 0.500 bits per heavy atom. The second kappa shape index (κ2) is 11.0. The average Bonchev–Trinajstić information content (AvgIpc) is 3.89. The summed E-state index contributed by atoms with van der Waals surface area (Å²) < 4.78 is 27.8. The Labute approximate surface area is 334 Å². The zero-order chi connectivity index (χ0) is 39.2. The molecule has 2 nitrogen and oxygen atoms in total. The molecule has 0 fully saturated rings. The molecule has 13 rings (SSSR count). The summed E-state index contributed by atoms with van der Waals surface area (Å²) >= 11 is 1.88. The third kappa shape index (κ3) is 3.73. The molecule has 4 aliphatic rings. The normalized spacial score (nSPS) is 15.6. The lowest BCUT2D eigenvalue weighted by molar-refractivity contribution is 0.795. The van der Waals surface area contributed by atoms with E-state index in [-0.39, 0.29) is 6.71 Å². The van der Waals surface area contributed by atoms with Gasteiger partial charge in [-0.05, 0) is 122 Å². The molecule has 0 atom stereocenters. The first-order valence-corrected chi connectivity index (χ1v) is 20.1. The van der Waals surface area contributed by atoms with Crippen molar-refractivity contribution in [1.82, 2.24) is 0 Å². The Kier molecular flexibility index (Phi) is 5.48. The summed E-state index contributed by atoms with van der Waals surface area (Å²) in [7, 11) is 0. The van der Waals surface area contributed by atoms with Crippen molar-refractivity contribution in [3.05, 3.63) is 210 Å². The molecule has 2 aliphatic heterocycles. The molecule has 0 N–H and O–H groups in total. The van der Waals surface area contributed by atoms with E-state index in [4.69, 9.17) is 4.11 Å². The van der Waals surface area contributed by atoms with Crippen LogP contribution in [0, 0.1) is 6.85 Å². The highest BCUT2D eigenvalue weighted by atomic mass is 32.1. The van der Waals surface area contributed by atoms with Gasteiger partial charge in [-0.25, -0.2) is 0 Å². The maximum Gasteiger partial charge on any atom is 0.264 e. The predicted molar refractivity (Wildman–Crippen MR) is 237 cm³/mol. The maximum absolute atomic E-state index is 8.44. The number of fused-ring (bicyclic) bond motifs is 16. The van der Waals surface area contributed by atoms with Crippen LogP contribution in [0.2, 0.25) is 0 Å². The van der Waals surface area contributed by atoms with Crippen molar-refractivity contribution < 1.29 is 4.11 Å². The van der Waals surface area contributed by atoms with Crippen LogP contribution in [-0.2, 0) is 5.41 Å². The average molecular weight is 732 g/mol. The van der Waals surface area contributed by atoms with Gasteiger partial charge in [-0.1, -0.05) is 127 Å². The summed E-state index contributed by atoms with van der Waals surface area (Å²) in [5.41, 5.74) is 19.1. The lowest BCUT2D eigenvalue weighted by Crippen LogP contribution is -2.60. The largest absolute Gasteiger partial charge is 0.311 e. The van der Waals surface area contributed by atoms with E-state index in [1.165, 1.54) is 70.5 Å². The van der Waals surface area contributed by atoms with E-state index in [2.05, 4.69) is 174 Å². The van der Waals surface area contributed by atoms with Crippen molar-refractivity contribution in [2.45, 2.75) is 12.3 Å². The van der Waals surface area contributed by atoms with Crippen LogP contribution in [0.25, 0.3) is 32.3 Å². The summed E-state index contributed by atoms with van der Waals surface area (Å²) in [6.07, 6.45) is 0. The first-order chi connectivity index (χ1) is 28.9. The predicted octanol–water partition coefficient (Wildman–Crippen LogP) is 11.6. The number of aryl methyl sites for hydroxylation is 1.